The topological polar surface area (TPSA) is 264 Å². The van der Waals surface area contributed by atoms with Crippen LogP contribution in [0.2, 0.25) is 0 Å². The van der Waals surface area contributed by atoms with Crippen molar-refractivity contribution in [3.63, 3.8) is 0 Å². The van der Waals surface area contributed by atoms with E-state index in [1.165, 1.54) is 11.8 Å². The Balaban J connectivity index is 1.68. The number of nitrogens with one attached hydrogen (secondary N) is 4. The summed E-state index contributed by atoms with van der Waals surface area (Å²) in [5.74, 6) is -3.76. The van der Waals surface area contributed by atoms with Gasteiger partial charge in [-0.05, 0) is 69.3 Å². The second-order valence-corrected chi connectivity index (χ2v) is 15.1. The smallest absolute Gasteiger partial charge is 0.326 e. The minimum atomic E-state index is -1.25. The molecule has 1 saturated carbocycles. The Morgan fingerprint density at radius 2 is 1.50 bits per heavy atom. The zero-order valence-corrected chi connectivity index (χ0v) is 31.9. The van der Waals surface area contributed by atoms with Crippen molar-refractivity contribution in [2.75, 3.05) is 13.1 Å². The Hall–Kier alpha value is -4.73. The van der Waals surface area contributed by atoms with Crippen LogP contribution in [0.4, 0.5) is 0 Å². The Morgan fingerprint density at radius 3 is 2.13 bits per heavy atom. The molecule has 2 fully saturated rings. The van der Waals surface area contributed by atoms with Gasteiger partial charge in [0, 0.05) is 13.1 Å². The molecular weight excluding hydrogens is 694 g/mol. The number of carbonyl (C=O) groups excluding carboxylic acids is 5. The molecule has 1 aliphatic heterocycles. The first-order valence-electron chi connectivity index (χ1n) is 19.3. The highest BCUT2D eigenvalue weighted by atomic mass is 16.4. The van der Waals surface area contributed by atoms with Gasteiger partial charge >= 0.3 is 5.97 Å². The SMILES string of the molecule is CC(C)C[C@H](NC(=O)[C@@H]1CCCN1C(=O)[C@H](CC1CCCCC1)NC(=O)[C@@H](N)Cc1ccccc1)C(=O)N[C@@H](C)C(=O)N[C@@H](CCCN=C(N)N)C(=O)O. The van der Waals surface area contributed by atoms with E-state index < -0.39 is 65.8 Å². The summed E-state index contributed by atoms with van der Waals surface area (Å²) in [5, 5.41) is 20.4. The molecule has 1 aromatic rings. The number of nitrogens with two attached hydrogens (primary N) is 3. The van der Waals surface area contributed by atoms with Gasteiger partial charge in [0.15, 0.2) is 5.96 Å². The predicted octanol–water partition coefficient (Wildman–Crippen LogP) is 0.661. The zero-order chi connectivity index (χ0) is 39.8. The molecule has 1 saturated heterocycles. The lowest BCUT2D eigenvalue weighted by atomic mass is 9.84. The third-order valence-corrected chi connectivity index (χ3v) is 10.0. The van der Waals surface area contributed by atoms with Gasteiger partial charge in [-0.1, -0.05) is 76.3 Å². The van der Waals surface area contributed by atoms with E-state index in [0.29, 0.717) is 38.6 Å². The molecule has 16 heteroatoms. The number of amides is 5. The highest BCUT2D eigenvalue weighted by molar-refractivity contribution is 5.96. The van der Waals surface area contributed by atoms with E-state index in [2.05, 4.69) is 26.3 Å². The fourth-order valence-corrected chi connectivity index (χ4v) is 7.13. The summed E-state index contributed by atoms with van der Waals surface area (Å²) < 4.78 is 0. The van der Waals surface area contributed by atoms with Gasteiger partial charge in [0.2, 0.25) is 29.5 Å². The van der Waals surface area contributed by atoms with Crippen LogP contribution in [0.15, 0.2) is 35.3 Å². The number of aliphatic imine (C=N–C) groups is 1. The molecule has 16 nitrogen and oxygen atoms in total. The molecular formula is C38H61N9O7. The van der Waals surface area contributed by atoms with Crippen molar-refractivity contribution in [3.8, 4) is 0 Å². The summed E-state index contributed by atoms with van der Waals surface area (Å²) in [5.41, 5.74) is 17.8. The van der Waals surface area contributed by atoms with Crippen molar-refractivity contribution >= 4 is 41.5 Å². The minimum absolute atomic E-state index is 0.0247. The van der Waals surface area contributed by atoms with Crippen LogP contribution >= 0.6 is 0 Å². The molecule has 3 rings (SSSR count). The fourth-order valence-electron chi connectivity index (χ4n) is 7.13. The van der Waals surface area contributed by atoms with Gasteiger partial charge in [0.1, 0.15) is 30.2 Å². The second-order valence-electron chi connectivity index (χ2n) is 15.1. The lowest BCUT2D eigenvalue weighted by Gasteiger charge is -2.33. The molecule has 0 unspecified atom stereocenters. The maximum Gasteiger partial charge on any atom is 0.326 e. The van der Waals surface area contributed by atoms with E-state index >= 15 is 0 Å². The van der Waals surface area contributed by atoms with E-state index in [-0.39, 0.29) is 43.1 Å². The van der Waals surface area contributed by atoms with Crippen molar-refractivity contribution in [2.45, 2.75) is 134 Å². The molecule has 300 valence electrons. The lowest BCUT2D eigenvalue weighted by molar-refractivity contribution is -0.143. The first kappa shape index (κ1) is 43.7. The number of guanidine groups is 1. The van der Waals surface area contributed by atoms with Crippen LogP contribution in [0.1, 0.15) is 97.0 Å². The molecule has 2 aliphatic rings. The summed E-state index contributed by atoms with van der Waals surface area (Å²) in [6.45, 7) is 5.69. The van der Waals surface area contributed by atoms with E-state index in [1.54, 1.807) is 0 Å². The summed E-state index contributed by atoms with van der Waals surface area (Å²) in [6.07, 6.45) is 7.48. The normalized spacial score (nSPS) is 18.8. The molecule has 0 spiro atoms. The van der Waals surface area contributed by atoms with Gasteiger partial charge in [-0.25, -0.2) is 4.79 Å². The average Bonchev–Trinajstić information content (AvgIpc) is 3.62. The van der Waals surface area contributed by atoms with Gasteiger partial charge in [-0.3, -0.25) is 29.0 Å². The minimum Gasteiger partial charge on any atom is -0.480 e. The molecule has 1 heterocycles. The number of hydrogen-bond acceptors (Lipinski definition) is 8. The number of benzene rings is 1. The van der Waals surface area contributed by atoms with E-state index in [0.717, 1.165) is 37.7 Å². The fraction of sp³-hybridized carbons (Fsp3) is 0.658. The van der Waals surface area contributed by atoms with Gasteiger partial charge < -0.3 is 48.5 Å². The van der Waals surface area contributed by atoms with Crippen LogP contribution in [0.3, 0.4) is 0 Å². The highest BCUT2D eigenvalue weighted by Crippen LogP contribution is 2.29. The molecule has 5 amide bonds. The predicted molar refractivity (Wildman–Crippen MR) is 204 cm³/mol. The third kappa shape index (κ3) is 14.3. The Morgan fingerprint density at radius 1 is 0.833 bits per heavy atom. The van der Waals surface area contributed by atoms with Crippen LogP contribution in [0.5, 0.6) is 0 Å². The zero-order valence-electron chi connectivity index (χ0n) is 31.9. The molecule has 0 bridgehead atoms. The van der Waals surface area contributed by atoms with Crippen molar-refractivity contribution in [3.05, 3.63) is 35.9 Å². The molecule has 1 aromatic carbocycles. The van der Waals surface area contributed by atoms with Crippen LogP contribution < -0.4 is 38.5 Å². The summed E-state index contributed by atoms with van der Waals surface area (Å²) in [7, 11) is 0. The number of hydrogen-bond donors (Lipinski definition) is 8. The number of carboxylic acids is 1. The number of carboxylic acid groups (broad SMARTS) is 1. The number of rotatable bonds is 20. The number of aliphatic carboxylic acids is 1. The number of nitrogens with zero attached hydrogens (tertiary/aromatic N) is 2. The van der Waals surface area contributed by atoms with Crippen LogP contribution in [-0.4, -0.2) is 101 Å². The number of carbonyl (C=O) groups is 6. The van der Waals surface area contributed by atoms with Crippen LogP contribution in [0, 0.1) is 11.8 Å². The van der Waals surface area contributed by atoms with E-state index in [1.807, 2.05) is 44.2 Å². The standard InChI is InChI=1S/C38H61N9O7/c1-23(2)20-29(34(50)43-24(3)32(48)44-28(37(53)54)16-10-18-42-38(40)41)45-35(51)31-17-11-19-47(31)36(52)30(22-26-14-8-5-9-15-26)46-33(49)27(39)21-25-12-6-4-7-13-25/h4,6-7,12-13,23-24,26-31H,5,8-11,14-22,39H2,1-3H3,(H,43,50)(H,44,48)(H,45,51)(H,46,49)(H,53,54)(H4,40,41,42)/t24-,27-,28-,29-,30-,31-/m0/s1. The second kappa shape index (κ2) is 21.8. The molecule has 11 N–H and O–H groups in total. The average molecular weight is 756 g/mol. The Kier molecular flexibility index (Phi) is 17.7. The first-order valence-corrected chi connectivity index (χ1v) is 19.3. The van der Waals surface area contributed by atoms with Crippen LogP contribution in [0.25, 0.3) is 0 Å². The van der Waals surface area contributed by atoms with Crippen LogP contribution in [-0.2, 0) is 35.2 Å². The summed E-state index contributed by atoms with van der Waals surface area (Å²) in [6, 6.07) is 3.46. The Bertz CT molecular complexity index is 1450. The lowest BCUT2D eigenvalue weighted by Crippen LogP contribution is -2.59. The highest BCUT2D eigenvalue weighted by Gasteiger charge is 2.40. The number of likely N-dealkylation sites (tertiary alicyclic amines) is 1. The molecule has 0 aromatic heterocycles. The van der Waals surface area contributed by atoms with Gasteiger partial charge in [0.25, 0.3) is 0 Å². The van der Waals surface area contributed by atoms with Crippen molar-refractivity contribution in [1.29, 1.82) is 0 Å². The first-order chi connectivity index (χ1) is 25.7. The van der Waals surface area contributed by atoms with Crippen molar-refractivity contribution < 1.29 is 33.9 Å². The maximum atomic E-state index is 14.2. The third-order valence-electron chi connectivity index (χ3n) is 10.0. The quantitative estimate of drug-likeness (QED) is 0.0524. The van der Waals surface area contributed by atoms with Crippen molar-refractivity contribution in [2.24, 2.45) is 34.0 Å². The van der Waals surface area contributed by atoms with Gasteiger partial charge in [0.05, 0.1) is 6.04 Å². The van der Waals surface area contributed by atoms with E-state index in [9.17, 15) is 33.9 Å². The summed E-state index contributed by atoms with van der Waals surface area (Å²) in [4.78, 5) is 84.9. The van der Waals surface area contributed by atoms with Gasteiger partial charge in [-0.15, -0.1) is 0 Å². The molecule has 0 radical (unpaired) electrons. The molecule has 54 heavy (non-hydrogen) atoms. The van der Waals surface area contributed by atoms with Gasteiger partial charge in [-0.2, -0.15) is 0 Å². The maximum absolute atomic E-state index is 14.2. The van der Waals surface area contributed by atoms with E-state index in [4.69, 9.17) is 17.2 Å². The summed E-state index contributed by atoms with van der Waals surface area (Å²) >= 11 is 0. The largest absolute Gasteiger partial charge is 0.480 e. The molecule has 6 atom stereocenters. The van der Waals surface area contributed by atoms with Crippen molar-refractivity contribution in [1.82, 2.24) is 26.2 Å². The monoisotopic (exact) mass is 755 g/mol. The Labute approximate surface area is 318 Å². The molecule has 1 aliphatic carbocycles.